The van der Waals surface area contributed by atoms with Crippen LogP contribution in [0.5, 0.6) is 17.2 Å². The Morgan fingerprint density at radius 1 is 1.10 bits per heavy atom. The highest BCUT2D eigenvalue weighted by molar-refractivity contribution is 9.10. The number of aromatic nitrogens is 1. The number of methoxy groups -OCH3 is 2. The second-order valence-electron chi connectivity index (χ2n) is 8.89. The zero-order chi connectivity index (χ0) is 28.4. The lowest BCUT2D eigenvalue weighted by Gasteiger charge is -2.26. The van der Waals surface area contributed by atoms with Crippen LogP contribution >= 0.6 is 43.2 Å². The molecule has 1 aliphatic heterocycles. The van der Waals surface area contributed by atoms with Gasteiger partial charge >= 0.3 is 5.97 Å². The number of thiazole rings is 1. The summed E-state index contributed by atoms with van der Waals surface area (Å²) < 4.78 is 25.6. The molecule has 4 rings (SSSR count). The van der Waals surface area contributed by atoms with Crippen molar-refractivity contribution in [3.63, 3.8) is 0 Å². The van der Waals surface area contributed by atoms with E-state index in [0.717, 1.165) is 15.8 Å². The van der Waals surface area contributed by atoms with Crippen molar-refractivity contribution in [2.75, 3.05) is 20.8 Å². The van der Waals surface area contributed by atoms with Gasteiger partial charge in [-0.2, -0.15) is 0 Å². The molecule has 0 N–H and O–H groups in total. The van der Waals surface area contributed by atoms with E-state index >= 15 is 0 Å². The Labute approximate surface area is 246 Å². The maximum absolute atomic E-state index is 13.9. The molecule has 0 aliphatic carbocycles. The lowest BCUT2D eigenvalue weighted by Crippen LogP contribution is -2.40. The molecule has 39 heavy (non-hydrogen) atoms. The molecule has 1 aromatic heterocycles. The van der Waals surface area contributed by atoms with Crippen molar-refractivity contribution in [3.05, 3.63) is 81.4 Å². The molecule has 0 amide bonds. The standard InChI is InChI=1S/C28H28Br2N2O6S/c1-7-37-27(34)24-15(4)31-28-32(25(24)17-12-21(35-5)22(36-6)13-18(17)29)26(33)23(39-28)11-16-8-9-20(19(30)10-16)38-14(2)3/h8-14,25H,7H2,1-6H3/b23-11-/t25-/m1/s1. The molecule has 0 bridgehead atoms. The Morgan fingerprint density at radius 3 is 2.41 bits per heavy atom. The summed E-state index contributed by atoms with van der Waals surface area (Å²) >= 11 is 8.42. The number of halogens is 2. The van der Waals surface area contributed by atoms with Crippen LogP contribution in [-0.4, -0.2) is 37.5 Å². The first-order valence-electron chi connectivity index (χ1n) is 12.2. The Morgan fingerprint density at radius 2 is 1.79 bits per heavy atom. The number of nitrogens with zero attached hydrogens (tertiary/aromatic N) is 2. The topological polar surface area (TPSA) is 88.4 Å². The molecule has 0 saturated carbocycles. The maximum atomic E-state index is 13.9. The van der Waals surface area contributed by atoms with Crippen molar-refractivity contribution in [3.8, 4) is 17.2 Å². The highest BCUT2D eigenvalue weighted by Gasteiger charge is 2.35. The van der Waals surface area contributed by atoms with E-state index in [-0.39, 0.29) is 23.8 Å². The molecule has 1 atom stereocenters. The largest absolute Gasteiger partial charge is 0.493 e. The van der Waals surface area contributed by atoms with Crippen LogP contribution in [0.15, 0.2) is 60.3 Å². The predicted molar refractivity (Wildman–Crippen MR) is 158 cm³/mol. The van der Waals surface area contributed by atoms with Gasteiger partial charge in [0.05, 0.1) is 53.2 Å². The summed E-state index contributed by atoms with van der Waals surface area (Å²) in [7, 11) is 3.07. The highest BCUT2D eigenvalue weighted by atomic mass is 79.9. The lowest BCUT2D eigenvalue weighted by molar-refractivity contribution is -0.139. The first-order chi connectivity index (χ1) is 18.6. The fourth-order valence-corrected chi connectivity index (χ4v) is 6.35. The second-order valence-corrected chi connectivity index (χ2v) is 11.6. The number of carbonyl (C=O) groups is 1. The summed E-state index contributed by atoms with van der Waals surface area (Å²) in [6, 6.07) is 8.35. The quantitative estimate of drug-likeness (QED) is 0.307. The van der Waals surface area contributed by atoms with E-state index in [1.807, 2.05) is 32.0 Å². The van der Waals surface area contributed by atoms with Gasteiger partial charge in [-0.05, 0) is 85.1 Å². The number of esters is 1. The number of ether oxygens (including phenoxy) is 4. The van der Waals surface area contributed by atoms with E-state index in [4.69, 9.17) is 18.9 Å². The third-order valence-corrected chi connectivity index (χ3v) is 8.22. The molecule has 206 valence electrons. The molecule has 3 aromatic rings. The summed E-state index contributed by atoms with van der Waals surface area (Å²) in [4.78, 5) is 32.2. The Balaban J connectivity index is 1.94. The second kappa shape index (κ2) is 12.1. The third kappa shape index (κ3) is 5.85. The number of benzene rings is 2. The van der Waals surface area contributed by atoms with Crippen molar-refractivity contribution >= 4 is 55.2 Å². The fourth-order valence-electron chi connectivity index (χ4n) is 4.27. The average Bonchev–Trinajstić information content (AvgIpc) is 3.18. The number of hydrogen-bond donors (Lipinski definition) is 0. The van der Waals surface area contributed by atoms with E-state index in [1.54, 1.807) is 39.2 Å². The van der Waals surface area contributed by atoms with Gasteiger partial charge in [-0.15, -0.1) is 0 Å². The van der Waals surface area contributed by atoms with Crippen LogP contribution in [0.2, 0.25) is 0 Å². The van der Waals surface area contributed by atoms with Gasteiger partial charge in [0, 0.05) is 4.47 Å². The van der Waals surface area contributed by atoms with Crippen LogP contribution in [0.3, 0.4) is 0 Å². The molecule has 0 fully saturated rings. The minimum atomic E-state index is -0.801. The Kier molecular flexibility index (Phi) is 9.03. The highest BCUT2D eigenvalue weighted by Crippen LogP contribution is 2.40. The zero-order valence-electron chi connectivity index (χ0n) is 22.3. The fraction of sp³-hybridized carbons (Fsp3) is 0.321. The van der Waals surface area contributed by atoms with Crippen molar-refractivity contribution < 1.29 is 23.7 Å². The molecular formula is C28H28Br2N2O6S. The van der Waals surface area contributed by atoms with Crippen LogP contribution in [0, 0.1) is 0 Å². The summed E-state index contributed by atoms with van der Waals surface area (Å²) in [5.74, 6) is 1.15. The number of allylic oxidation sites excluding steroid dienone is 1. The first-order valence-corrected chi connectivity index (χ1v) is 14.6. The average molecular weight is 680 g/mol. The van der Waals surface area contributed by atoms with Crippen LogP contribution in [0.25, 0.3) is 6.08 Å². The molecule has 0 spiro atoms. The minimum absolute atomic E-state index is 0.0311. The zero-order valence-corrected chi connectivity index (χ0v) is 26.3. The van der Waals surface area contributed by atoms with Gasteiger partial charge in [0.15, 0.2) is 16.3 Å². The number of hydrogen-bond acceptors (Lipinski definition) is 8. The van der Waals surface area contributed by atoms with Crippen LogP contribution in [0.4, 0.5) is 0 Å². The van der Waals surface area contributed by atoms with E-state index in [9.17, 15) is 9.59 Å². The van der Waals surface area contributed by atoms with Gasteiger partial charge in [-0.3, -0.25) is 9.36 Å². The smallest absolute Gasteiger partial charge is 0.338 e. The van der Waals surface area contributed by atoms with Crippen LogP contribution < -0.4 is 29.1 Å². The molecule has 11 heteroatoms. The van der Waals surface area contributed by atoms with Gasteiger partial charge in [-0.1, -0.05) is 33.3 Å². The Bertz CT molecular complexity index is 1640. The number of fused-ring (bicyclic) bond motifs is 1. The molecular weight excluding hydrogens is 652 g/mol. The third-order valence-electron chi connectivity index (χ3n) is 5.93. The minimum Gasteiger partial charge on any atom is -0.493 e. The van der Waals surface area contributed by atoms with Crippen molar-refractivity contribution in [1.82, 2.24) is 4.57 Å². The number of carbonyl (C=O) groups excluding carboxylic acids is 1. The maximum Gasteiger partial charge on any atom is 0.338 e. The SMILES string of the molecule is CCOC(=O)C1=C(C)N=c2s/c(=C\c3ccc(OC(C)C)c(Br)c3)c(=O)n2[C@@H]1c1cc(OC)c(OC)cc1Br. The van der Waals surface area contributed by atoms with E-state index in [2.05, 4.69) is 36.9 Å². The van der Waals surface area contributed by atoms with Gasteiger partial charge < -0.3 is 18.9 Å². The van der Waals surface area contributed by atoms with Gasteiger partial charge in [-0.25, -0.2) is 9.79 Å². The summed E-state index contributed by atoms with van der Waals surface area (Å²) in [5, 5.41) is 0. The molecule has 0 radical (unpaired) electrons. The van der Waals surface area contributed by atoms with Crippen LogP contribution in [0.1, 0.15) is 44.9 Å². The monoisotopic (exact) mass is 678 g/mol. The van der Waals surface area contributed by atoms with E-state index in [0.29, 0.717) is 36.6 Å². The van der Waals surface area contributed by atoms with Gasteiger partial charge in [0.2, 0.25) is 0 Å². The van der Waals surface area contributed by atoms with Crippen molar-refractivity contribution in [2.45, 2.75) is 39.8 Å². The number of rotatable bonds is 8. The normalized spacial score (nSPS) is 15.2. The molecule has 1 aliphatic rings. The molecule has 0 saturated heterocycles. The molecule has 8 nitrogen and oxygen atoms in total. The van der Waals surface area contributed by atoms with Crippen molar-refractivity contribution in [1.29, 1.82) is 0 Å². The molecule has 0 unspecified atom stereocenters. The Hall–Kier alpha value is -2.89. The van der Waals surface area contributed by atoms with E-state index in [1.165, 1.54) is 23.0 Å². The summed E-state index contributed by atoms with van der Waals surface area (Å²) in [6.07, 6.45) is 1.83. The van der Waals surface area contributed by atoms with Gasteiger partial charge in [0.25, 0.3) is 5.56 Å². The summed E-state index contributed by atoms with van der Waals surface area (Å²) in [6.45, 7) is 7.59. The summed E-state index contributed by atoms with van der Waals surface area (Å²) in [5.41, 5.74) is 1.93. The van der Waals surface area contributed by atoms with Crippen LogP contribution in [-0.2, 0) is 9.53 Å². The molecule has 2 heterocycles. The van der Waals surface area contributed by atoms with E-state index < -0.39 is 12.0 Å². The molecule has 2 aromatic carbocycles. The van der Waals surface area contributed by atoms with Gasteiger partial charge in [0.1, 0.15) is 5.75 Å². The first kappa shape index (κ1) is 29.1. The predicted octanol–water partition coefficient (Wildman–Crippen LogP) is 5.13. The van der Waals surface area contributed by atoms with Crippen molar-refractivity contribution in [2.24, 2.45) is 4.99 Å². The lowest BCUT2D eigenvalue weighted by atomic mass is 9.95.